The van der Waals surface area contributed by atoms with E-state index in [1.165, 1.54) is 30.3 Å². The second-order valence-electron chi connectivity index (χ2n) is 6.73. The molecule has 1 N–H and O–H groups in total. The maximum absolute atomic E-state index is 12.2. The number of rotatable bonds is 6. The van der Waals surface area contributed by atoms with E-state index in [1.807, 2.05) is 18.2 Å². The van der Waals surface area contributed by atoms with Gasteiger partial charge in [0.05, 0.1) is 5.75 Å². The van der Waals surface area contributed by atoms with Crippen LogP contribution in [0.2, 0.25) is 0 Å². The number of hydrogen-bond donors (Lipinski definition) is 1. The summed E-state index contributed by atoms with van der Waals surface area (Å²) in [5.41, 5.74) is 2.40. The Morgan fingerprint density at radius 3 is 2.52 bits per heavy atom. The lowest BCUT2D eigenvalue weighted by Crippen LogP contribution is -2.24. The quantitative estimate of drug-likeness (QED) is 0.773. The van der Waals surface area contributed by atoms with Crippen LogP contribution in [0.4, 0.5) is 5.69 Å². The number of ether oxygens (including phenoxy) is 2. The number of anilines is 1. The molecule has 0 unspecified atom stereocenters. The van der Waals surface area contributed by atoms with Gasteiger partial charge in [0, 0.05) is 30.2 Å². The van der Waals surface area contributed by atoms with Crippen molar-refractivity contribution in [1.29, 1.82) is 0 Å². The fraction of sp³-hybridized carbons (Fsp3) is 0.381. The van der Waals surface area contributed by atoms with Crippen LogP contribution in [0.1, 0.15) is 18.4 Å². The fourth-order valence-electron chi connectivity index (χ4n) is 3.31. The summed E-state index contributed by atoms with van der Waals surface area (Å²) in [4.78, 5) is 15.6. The molecule has 0 saturated carbocycles. The van der Waals surface area contributed by atoms with Gasteiger partial charge in [0.15, 0.2) is 11.5 Å². The van der Waals surface area contributed by atoms with Crippen molar-refractivity contribution in [2.24, 2.45) is 0 Å². The molecule has 2 heterocycles. The normalized spacial score (nSPS) is 15.6. The smallest absolute Gasteiger partial charge is 0.230 e. The van der Waals surface area contributed by atoms with Gasteiger partial charge in [-0.2, -0.15) is 0 Å². The second-order valence-corrected chi connectivity index (χ2v) is 7.78. The molecular formula is C21H24N2O3S. The molecule has 0 aromatic heterocycles. The number of amides is 1. The monoisotopic (exact) mass is 384 g/mol. The minimum absolute atomic E-state index is 0.0264. The third-order valence-electron chi connectivity index (χ3n) is 4.78. The zero-order chi connectivity index (χ0) is 18.5. The maximum atomic E-state index is 12.2. The summed E-state index contributed by atoms with van der Waals surface area (Å²) in [6, 6.07) is 14.3. The third-order valence-corrected chi connectivity index (χ3v) is 5.77. The highest BCUT2D eigenvalue weighted by Crippen LogP contribution is 2.34. The van der Waals surface area contributed by atoms with E-state index in [0.717, 1.165) is 35.0 Å². The van der Waals surface area contributed by atoms with E-state index in [-0.39, 0.29) is 5.91 Å². The van der Waals surface area contributed by atoms with Crippen LogP contribution < -0.4 is 19.7 Å². The Bertz CT molecular complexity index is 789. The Labute approximate surface area is 164 Å². The summed E-state index contributed by atoms with van der Waals surface area (Å²) < 4.78 is 11.1. The lowest BCUT2D eigenvalue weighted by molar-refractivity contribution is -0.118. The van der Waals surface area contributed by atoms with Crippen molar-refractivity contribution in [2.75, 3.05) is 37.0 Å². The van der Waals surface area contributed by atoms with Crippen molar-refractivity contribution < 1.29 is 14.3 Å². The Morgan fingerprint density at radius 2 is 1.74 bits per heavy atom. The molecule has 5 nitrogen and oxygen atoms in total. The zero-order valence-corrected chi connectivity index (χ0v) is 16.1. The summed E-state index contributed by atoms with van der Waals surface area (Å²) in [6.45, 7) is 4.00. The highest BCUT2D eigenvalue weighted by atomic mass is 32.2. The number of thioether (sulfide) groups is 1. The lowest BCUT2D eigenvalue weighted by atomic mass is 10.2. The molecule has 0 spiro atoms. The molecule has 1 fully saturated rings. The molecular weight excluding hydrogens is 360 g/mol. The van der Waals surface area contributed by atoms with E-state index < -0.39 is 0 Å². The number of nitrogens with zero attached hydrogens (tertiary/aromatic N) is 1. The highest BCUT2D eigenvalue weighted by molar-refractivity contribution is 8.00. The molecule has 2 aliphatic heterocycles. The van der Waals surface area contributed by atoms with Crippen molar-refractivity contribution >= 4 is 23.4 Å². The van der Waals surface area contributed by atoms with Crippen molar-refractivity contribution in [1.82, 2.24) is 5.32 Å². The summed E-state index contributed by atoms with van der Waals surface area (Å²) in [5.74, 6) is 1.93. The van der Waals surface area contributed by atoms with Gasteiger partial charge in [-0.15, -0.1) is 11.8 Å². The minimum Gasteiger partial charge on any atom is -0.486 e. The van der Waals surface area contributed by atoms with Crippen LogP contribution in [0.15, 0.2) is 47.4 Å². The Balaban J connectivity index is 1.23. The summed E-state index contributed by atoms with van der Waals surface area (Å²) in [5, 5.41) is 2.99. The largest absolute Gasteiger partial charge is 0.486 e. The number of benzene rings is 2. The Hall–Kier alpha value is -2.34. The van der Waals surface area contributed by atoms with E-state index in [0.29, 0.717) is 25.5 Å². The predicted molar refractivity (Wildman–Crippen MR) is 108 cm³/mol. The number of fused-ring (bicyclic) bond motifs is 1. The van der Waals surface area contributed by atoms with Crippen LogP contribution >= 0.6 is 11.8 Å². The van der Waals surface area contributed by atoms with Gasteiger partial charge in [0.25, 0.3) is 0 Å². The Morgan fingerprint density at radius 1 is 1.00 bits per heavy atom. The molecule has 2 aromatic carbocycles. The van der Waals surface area contributed by atoms with Crippen molar-refractivity contribution in [3.8, 4) is 11.5 Å². The molecule has 0 bridgehead atoms. The van der Waals surface area contributed by atoms with Gasteiger partial charge in [0.2, 0.25) is 5.91 Å². The number of hydrogen-bond acceptors (Lipinski definition) is 5. The maximum Gasteiger partial charge on any atom is 0.230 e. The predicted octanol–water partition coefficient (Wildman–Crippen LogP) is 3.47. The SMILES string of the molecule is O=C(CSc1ccc2c(c1)OCCO2)NCc1ccc(N2CCCC2)cc1. The molecule has 0 radical (unpaired) electrons. The van der Waals surface area contributed by atoms with Crippen LogP contribution in [0.3, 0.4) is 0 Å². The van der Waals surface area contributed by atoms with Gasteiger partial charge in [0.1, 0.15) is 13.2 Å². The van der Waals surface area contributed by atoms with E-state index in [9.17, 15) is 4.79 Å². The average molecular weight is 385 g/mol. The zero-order valence-electron chi connectivity index (χ0n) is 15.3. The first-order chi connectivity index (χ1) is 13.3. The van der Waals surface area contributed by atoms with Crippen LogP contribution in [0, 0.1) is 0 Å². The summed E-state index contributed by atoms with van der Waals surface area (Å²) >= 11 is 1.50. The van der Waals surface area contributed by atoms with Crippen LogP contribution in [0.25, 0.3) is 0 Å². The van der Waals surface area contributed by atoms with Crippen LogP contribution in [0.5, 0.6) is 11.5 Å². The third kappa shape index (κ3) is 4.69. The van der Waals surface area contributed by atoms with E-state index >= 15 is 0 Å². The topological polar surface area (TPSA) is 50.8 Å². The summed E-state index contributed by atoms with van der Waals surface area (Å²) in [6.07, 6.45) is 2.55. The van der Waals surface area contributed by atoms with Crippen molar-refractivity contribution in [2.45, 2.75) is 24.3 Å². The molecule has 6 heteroatoms. The average Bonchev–Trinajstić information content (AvgIpc) is 3.26. The van der Waals surface area contributed by atoms with Crippen LogP contribution in [-0.4, -0.2) is 38.0 Å². The molecule has 4 rings (SSSR count). The Kier molecular flexibility index (Phi) is 5.72. The molecule has 1 saturated heterocycles. The van der Waals surface area contributed by atoms with Crippen molar-refractivity contribution in [3.05, 3.63) is 48.0 Å². The molecule has 27 heavy (non-hydrogen) atoms. The first-order valence-corrected chi connectivity index (χ1v) is 10.4. The molecule has 142 valence electrons. The molecule has 2 aliphatic rings. The first-order valence-electron chi connectivity index (χ1n) is 9.41. The fourth-order valence-corrected chi connectivity index (χ4v) is 4.07. The number of carbonyl (C=O) groups excluding carboxylic acids is 1. The number of nitrogens with one attached hydrogen (secondary N) is 1. The number of carbonyl (C=O) groups is 1. The molecule has 0 aliphatic carbocycles. The minimum atomic E-state index is 0.0264. The van der Waals surface area contributed by atoms with Gasteiger partial charge in [-0.05, 0) is 48.7 Å². The molecule has 0 atom stereocenters. The lowest BCUT2D eigenvalue weighted by Gasteiger charge is -2.18. The van der Waals surface area contributed by atoms with Gasteiger partial charge in [-0.25, -0.2) is 0 Å². The molecule has 1 amide bonds. The van der Waals surface area contributed by atoms with E-state index in [2.05, 4.69) is 34.5 Å². The highest BCUT2D eigenvalue weighted by Gasteiger charge is 2.13. The first kappa shape index (κ1) is 18.0. The molecule has 2 aromatic rings. The standard InChI is InChI=1S/C21H24N2O3S/c24-21(15-27-18-7-8-19-20(13-18)26-12-11-25-19)22-14-16-3-5-17(6-4-16)23-9-1-2-10-23/h3-8,13H,1-2,9-12,14-15H2,(H,22,24). The van der Waals surface area contributed by atoms with Gasteiger partial charge < -0.3 is 19.7 Å². The van der Waals surface area contributed by atoms with Gasteiger partial charge >= 0.3 is 0 Å². The van der Waals surface area contributed by atoms with Gasteiger partial charge in [-0.1, -0.05) is 12.1 Å². The van der Waals surface area contributed by atoms with E-state index in [1.54, 1.807) is 0 Å². The van der Waals surface area contributed by atoms with Gasteiger partial charge in [-0.3, -0.25) is 4.79 Å². The van der Waals surface area contributed by atoms with Crippen molar-refractivity contribution in [3.63, 3.8) is 0 Å². The van der Waals surface area contributed by atoms with E-state index in [4.69, 9.17) is 9.47 Å². The second kappa shape index (κ2) is 8.57. The van der Waals surface area contributed by atoms with Crippen LogP contribution in [-0.2, 0) is 11.3 Å². The summed E-state index contributed by atoms with van der Waals surface area (Å²) in [7, 11) is 0.